The number of aryl methyl sites for hydroxylation is 1. The summed E-state index contributed by atoms with van der Waals surface area (Å²) >= 11 is 0. The molecule has 134 valence electrons. The van der Waals surface area contributed by atoms with E-state index < -0.39 is 0 Å². The van der Waals surface area contributed by atoms with Crippen LogP contribution in [0.25, 0.3) is 0 Å². The van der Waals surface area contributed by atoms with Crippen LogP contribution < -0.4 is 10.6 Å². The first kappa shape index (κ1) is 17.2. The summed E-state index contributed by atoms with van der Waals surface area (Å²) in [5, 5.41) is 14.0. The lowest BCUT2D eigenvalue weighted by Gasteiger charge is -2.20. The summed E-state index contributed by atoms with van der Waals surface area (Å²) in [5.41, 5.74) is 0.293. The second kappa shape index (κ2) is 7.96. The summed E-state index contributed by atoms with van der Waals surface area (Å²) in [6.07, 6.45) is 8.82. The molecular formula is C17H24N6O2. The molecule has 0 saturated heterocycles. The molecule has 1 saturated carbocycles. The maximum Gasteiger partial charge on any atom is 0.271 e. The van der Waals surface area contributed by atoms with Crippen LogP contribution in [0.1, 0.15) is 42.6 Å². The molecule has 1 aliphatic rings. The summed E-state index contributed by atoms with van der Waals surface area (Å²) in [5.74, 6) is 0.372. The van der Waals surface area contributed by atoms with Crippen LogP contribution in [-0.4, -0.2) is 37.9 Å². The third kappa shape index (κ3) is 4.46. The number of amides is 2. The minimum absolute atomic E-state index is 0.0216. The highest BCUT2D eigenvalue weighted by Crippen LogP contribution is 2.25. The highest BCUT2D eigenvalue weighted by Gasteiger charge is 2.22. The van der Waals surface area contributed by atoms with Crippen molar-refractivity contribution in [3.05, 3.63) is 30.2 Å². The number of anilines is 1. The summed E-state index contributed by atoms with van der Waals surface area (Å²) in [7, 11) is 1.72. The number of hydrogen-bond acceptors (Lipinski definition) is 4. The standard InChI is InChI=1S/C17H24N6O2/c1-22-15(20-16(24)13-6-3-2-4-7-13)12-14(21-22)17(25)18-9-11-23-10-5-8-19-23/h5,8,10,12-13H,2-4,6-7,9,11H2,1H3,(H,18,25)(H,20,24). The first-order valence-electron chi connectivity index (χ1n) is 8.74. The average Bonchev–Trinajstić information content (AvgIpc) is 3.26. The molecule has 3 rings (SSSR count). The Labute approximate surface area is 146 Å². The minimum atomic E-state index is -0.263. The normalized spacial score (nSPS) is 15.1. The molecule has 2 aromatic rings. The van der Waals surface area contributed by atoms with Crippen molar-refractivity contribution < 1.29 is 9.59 Å². The molecule has 25 heavy (non-hydrogen) atoms. The molecule has 8 nitrogen and oxygen atoms in total. The fourth-order valence-electron chi connectivity index (χ4n) is 3.10. The summed E-state index contributed by atoms with van der Waals surface area (Å²) in [4.78, 5) is 24.5. The predicted octanol–water partition coefficient (Wildman–Crippen LogP) is 1.57. The van der Waals surface area contributed by atoms with Crippen molar-refractivity contribution >= 4 is 17.6 Å². The van der Waals surface area contributed by atoms with Crippen LogP contribution in [0.3, 0.4) is 0 Å². The van der Waals surface area contributed by atoms with Crippen molar-refractivity contribution in [3.63, 3.8) is 0 Å². The van der Waals surface area contributed by atoms with Crippen molar-refractivity contribution in [1.82, 2.24) is 24.9 Å². The number of carbonyl (C=O) groups excluding carboxylic acids is 2. The average molecular weight is 344 g/mol. The van der Waals surface area contributed by atoms with Gasteiger partial charge >= 0.3 is 0 Å². The van der Waals surface area contributed by atoms with E-state index in [-0.39, 0.29) is 17.7 Å². The van der Waals surface area contributed by atoms with E-state index in [1.54, 1.807) is 24.0 Å². The van der Waals surface area contributed by atoms with Gasteiger partial charge in [-0.05, 0) is 18.9 Å². The number of rotatable bonds is 6. The van der Waals surface area contributed by atoms with Gasteiger partial charge in [-0.25, -0.2) is 0 Å². The monoisotopic (exact) mass is 344 g/mol. The number of carbonyl (C=O) groups is 2. The quantitative estimate of drug-likeness (QED) is 0.832. The van der Waals surface area contributed by atoms with E-state index in [0.717, 1.165) is 25.7 Å². The Hall–Kier alpha value is -2.64. The number of aromatic nitrogens is 4. The largest absolute Gasteiger partial charge is 0.349 e. The van der Waals surface area contributed by atoms with E-state index >= 15 is 0 Å². The van der Waals surface area contributed by atoms with Gasteiger partial charge in [0.25, 0.3) is 5.91 Å². The number of nitrogens with zero attached hydrogens (tertiary/aromatic N) is 4. The second-order valence-corrected chi connectivity index (χ2v) is 6.39. The predicted molar refractivity (Wildman–Crippen MR) is 93.0 cm³/mol. The molecule has 0 aromatic carbocycles. The molecule has 2 heterocycles. The molecule has 2 aromatic heterocycles. The summed E-state index contributed by atoms with van der Waals surface area (Å²) < 4.78 is 3.28. The number of hydrogen-bond donors (Lipinski definition) is 2. The molecule has 0 bridgehead atoms. The van der Waals surface area contributed by atoms with Gasteiger partial charge in [-0.1, -0.05) is 19.3 Å². The smallest absolute Gasteiger partial charge is 0.271 e. The van der Waals surface area contributed by atoms with E-state index in [1.807, 2.05) is 12.3 Å². The highest BCUT2D eigenvalue weighted by atomic mass is 16.2. The van der Waals surface area contributed by atoms with E-state index in [1.165, 1.54) is 11.1 Å². The van der Waals surface area contributed by atoms with Crippen molar-refractivity contribution in [3.8, 4) is 0 Å². The molecule has 0 spiro atoms. The Balaban J connectivity index is 1.53. The van der Waals surface area contributed by atoms with E-state index in [4.69, 9.17) is 0 Å². The van der Waals surface area contributed by atoms with Gasteiger partial charge in [-0.15, -0.1) is 0 Å². The summed E-state index contributed by atoms with van der Waals surface area (Å²) in [6.45, 7) is 1.05. The third-order valence-electron chi connectivity index (χ3n) is 4.53. The summed E-state index contributed by atoms with van der Waals surface area (Å²) in [6, 6.07) is 3.45. The molecule has 2 amide bonds. The van der Waals surface area contributed by atoms with Crippen molar-refractivity contribution in [2.45, 2.75) is 38.6 Å². The number of nitrogens with one attached hydrogen (secondary N) is 2. The van der Waals surface area contributed by atoms with Crippen LogP contribution in [0.2, 0.25) is 0 Å². The molecule has 2 N–H and O–H groups in total. The Bertz CT molecular complexity index is 716. The molecule has 0 aliphatic heterocycles. The van der Waals surface area contributed by atoms with Gasteiger partial charge in [0, 0.05) is 38.0 Å². The maximum atomic E-state index is 12.3. The highest BCUT2D eigenvalue weighted by molar-refractivity contribution is 5.96. The topological polar surface area (TPSA) is 93.8 Å². The molecule has 8 heteroatoms. The molecule has 1 fully saturated rings. The fourth-order valence-corrected chi connectivity index (χ4v) is 3.10. The Morgan fingerprint density at radius 1 is 1.28 bits per heavy atom. The van der Waals surface area contributed by atoms with Crippen molar-refractivity contribution in [1.29, 1.82) is 0 Å². The van der Waals surface area contributed by atoms with E-state index in [9.17, 15) is 9.59 Å². The molecular weight excluding hydrogens is 320 g/mol. The van der Waals surface area contributed by atoms with Crippen LogP contribution in [0.4, 0.5) is 5.82 Å². The van der Waals surface area contributed by atoms with Crippen LogP contribution in [0, 0.1) is 5.92 Å². The first-order chi connectivity index (χ1) is 12.1. The lowest BCUT2D eigenvalue weighted by molar-refractivity contribution is -0.120. The van der Waals surface area contributed by atoms with Gasteiger partial charge in [0.1, 0.15) is 5.82 Å². The van der Waals surface area contributed by atoms with Crippen LogP contribution in [0.15, 0.2) is 24.5 Å². The molecule has 0 unspecified atom stereocenters. The lowest BCUT2D eigenvalue weighted by Crippen LogP contribution is -2.27. The zero-order valence-corrected chi connectivity index (χ0v) is 14.4. The van der Waals surface area contributed by atoms with Gasteiger partial charge in [0.2, 0.25) is 5.91 Å². The van der Waals surface area contributed by atoms with Crippen molar-refractivity contribution in [2.75, 3.05) is 11.9 Å². The van der Waals surface area contributed by atoms with Gasteiger partial charge in [0.15, 0.2) is 5.69 Å². The zero-order chi connectivity index (χ0) is 17.6. The van der Waals surface area contributed by atoms with Gasteiger partial charge in [0.05, 0.1) is 6.54 Å². The molecule has 0 radical (unpaired) electrons. The van der Waals surface area contributed by atoms with E-state index in [2.05, 4.69) is 20.8 Å². The second-order valence-electron chi connectivity index (χ2n) is 6.39. The Kier molecular flexibility index (Phi) is 5.47. The Morgan fingerprint density at radius 2 is 2.08 bits per heavy atom. The lowest BCUT2D eigenvalue weighted by atomic mass is 9.89. The van der Waals surface area contributed by atoms with Crippen molar-refractivity contribution in [2.24, 2.45) is 13.0 Å². The molecule has 1 aliphatic carbocycles. The van der Waals surface area contributed by atoms with E-state index in [0.29, 0.717) is 24.6 Å². The minimum Gasteiger partial charge on any atom is -0.349 e. The van der Waals surface area contributed by atoms with Gasteiger partial charge in [-0.3, -0.25) is 19.0 Å². The Morgan fingerprint density at radius 3 is 2.80 bits per heavy atom. The van der Waals surface area contributed by atoms with Crippen LogP contribution in [-0.2, 0) is 18.4 Å². The SMILES string of the molecule is Cn1nc(C(=O)NCCn2cccn2)cc1NC(=O)C1CCCCC1. The third-order valence-corrected chi connectivity index (χ3v) is 4.53. The van der Waals surface area contributed by atoms with Crippen LogP contribution >= 0.6 is 0 Å². The maximum absolute atomic E-state index is 12.3. The van der Waals surface area contributed by atoms with Crippen LogP contribution in [0.5, 0.6) is 0 Å². The molecule has 0 atom stereocenters. The first-order valence-corrected chi connectivity index (χ1v) is 8.74. The van der Waals surface area contributed by atoms with Gasteiger partial charge < -0.3 is 10.6 Å². The van der Waals surface area contributed by atoms with Gasteiger partial charge in [-0.2, -0.15) is 10.2 Å². The fraction of sp³-hybridized carbons (Fsp3) is 0.529. The zero-order valence-electron chi connectivity index (χ0n) is 14.4.